The Kier molecular flexibility index (Phi) is 6.54. The van der Waals surface area contributed by atoms with Crippen molar-refractivity contribution in [1.82, 2.24) is 9.97 Å². The molecule has 0 aliphatic carbocycles. The number of halogens is 1. The van der Waals surface area contributed by atoms with E-state index in [1.54, 1.807) is 25.3 Å². The zero-order chi connectivity index (χ0) is 20.1. The molecule has 0 unspecified atom stereocenters. The first-order chi connectivity index (χ1) is 13.5. The fourth-order valence-electron chi connectivity index (χ4n) is 2.58. The van der Waals surface area contributed by atoms with Gasteiger partial charge in [0.25, 0.3) is 0 Å². The average molecular weight is 414 g/mol. The Labute approximate surface area is 173 Å². The van der Waals surface area contributed by atoms with Gasteiger partial charge in [-0.15, -0.1) is 0 Å². The highest BCUT2D eigenvalue weighted by molar-refractivity contribution is 8.00. The van der Waals surface area contributed by atoms with Gasteiger partial charge in [-0.3, -0.25) is 4.79 Å². The molecule has 3 rings (SSSR count). The van der Waals surface area contributed by atoms with E-state index in [0.29, 0.717) is 22.3 Å². The molecule has 0 aliphatic rings. The number of carbonyl (C=O) groups excluding carboxylic acids is 1. The van der Waals surface area contributed by atoms with E-state index in [1.165, 1.54) is 11.8 Å². The number of rotatable bonds is 6. The van der Waals surface area contributed by atoms with Gasteiger partial charge < -0.3 is 10.1 Å². The van der Waals surface area contributed by atoms with Gasteiger partial charge in [0.2, 0.25) is 5.91 Å². The number of aryl methyl sites for hydroxylation is 1. The van der Waals surface area contributed by atoms with E-state index < -0.39 is 0 Å². The molecule has 2 aromatic carbocycles. The smallest absolute Gasteiger partial charge is 0.237 e. The summed E-state index contributed by atoms with van der Waals surface area (Å²) in [6.45, 7) is 3.69. The number of amides is 1. The number of hydrogen-bond donors (Lipinski definition) is 1. The van der Waals surface area contributed by atoms with Crippen LogP contribution in [-0.4, -0.2) is 28.2 Å². The number of hydrogen-bond acceptors (Lipinski definition) is 5. The van der Waals surface area contributed by atoms with Gasteiger partial charge >= 0.3 is 0 Å². The van der Waals surface area contributed by atoms with Crippen molar-refractivity contribution < 1.29 is 9.53 Å². The number of nitrogens with zero attached hydrogens (tertiary/aromatic N) is 2. The second-order valence-corrected chi connectivity index (χ2v) is 7.87. The SMILES string of the molecule is COc1ccc(NC(=O)[C@@H](C)Sc2cc(-c3ccccc3)nc(C)n2)cc1Cl. The van der Waals surface area contributed by atoms with E-state index in [-0.39, 0.29) is 11.2 Å². The predicted octanol–water partition coefficient (Wildman–Crippen LogP) is 5.23. The zero-order valence-electron chi connectivity index (χ0n) is 15.8. The third kappa shape index (κ3) is 5.03. The van der Waals surface area contributed by atoms with E-state index in [1.807, 2.05) is 50.2 Å². The molecule has 1 heterocycles. The monoisotopic (exact) mass is 413 g/mol. The van der Waals surface area contributed by atoms with E-state index in [2.05, 4.69) is 15.3 Å². The third-order valence-corrected chi connectivity index (χ3v) is 5.28. The van der Waals surface area contributed by atoms with Crippen LogP contribution in [0.5, 0.6) is 5.75 Å². The maximum Gasteiger partial charge on any atom is 0.237 e. The Morgan fingerprint density at radius 1 is 1.14 bits per heavy atom. The van der Waals surface area contributed by atoms with Gasteiger partial charge in [0.15, 0.2) is 0 Å². The standard InChI is InChI=1S/C21H20ClN3O2S/c1-13(21(26)25-16-9-10-19(27-3)17(22)11-16)28-20-12-18(23-14(2)24-20)15-7-5-4-6-8-15/h4-13H,1-3H3,(H,25,26)/t13-/m1/s1. The molecule has 1 N–H and O–H groups in total. The number of ether oxygens (including phenoxy) is 1. The Hall–Kier alpha value is -2.57. The molecule has 3 aromatic rings. The van der Waals surface area contributed by atoms with Crippen LogP contribution in [0.1, 0.15) is 12.7 Å². The van der Waals surface area contributed by atoms with Gasteiger partial charge in [0.05, 0.1) is 23.1 Å². The minimum Gasteiger partial charge on any atom is -0.495 e. The average Bonchev–Trinajstić information content (AvgIpc) is 2.68. The van der Waals surface area contributed by atoms with Gasteiger partial charge in [-0.1, -0.05) is 53.7 Å². The lowest BCUT2D eigenvalue weighted by Gasteiger charge is -2.13. The number of thioether (sulfide) groups is 1. The fraction of sp³-hybridized carbons (Fsp3) is 0.190. The van der Waals surface area contributed by atoms with Gasteiger partial charge in [0.1, 0.15) is 16.6 Å². The number of nitrogens with one attached hydrogen (secondary N) is 1. The molecular formula is C21H20ClN3O2S. The Morgan fingerprint density at radius 2 is 1.89 bits per heavy atom. The minimum atomic E-state index is -0.348. The molecule has 0 spiro atoms. The van der Waals surface area contributed by atoms with Crippen LogP contribution >= 0.6 is 23.4 Å². The lowest BCUT2D eigenvalue weighted by Crippen LogP contribution is -2.22. The van der Waals surface area contributed by atoms with Crippen LogP contribution in [0.3, 0.4) is 0 Å². The fourth-order valence-corrected chi connectivity index (χ4v) is 3.73. The van der Waals surface area contributed by atoms with Crippen LogP contribution in [0, 0.1) is 6.92 Å². The molecule has 0 aliphatic heterocycles. The maximum absolute atomic E-state index is 12.6. The summed E-state index contributed by atoms with van der Waals surface area (Å²) in [5.41, 5.74) is 2.47. The third-order valence-electron chi connectivity index (χ3n) is 3.97. The molecule has 1 atom stereocenters. The molecule has 5 nitrogen and oxygen atoms in total. The Morgan fingerprint density at radius 3 is 2.57 bits per heavy atom. The summed E-state index contributed by atoms with van der Waals surface area (Å²) >= 11 is 7.50. The van der Waals surface area contributed by atoms with Crippen LogP contribution < -0.4 is 10.1 Å². The first-order valence-electron chi connectivity index (χ1n) is 8.68. The molecule has 7 heteroatoms. The first kappa shape index (κ1) is 20.2. The Bertz CT molecular complexity index is 983. The Balaban J connectivity index is 1.72. The summed E-state index contributed by atoms with van der Waals surface area (Å²) in [4.78, 5) is 21.5. The van der Waals surface area contributed by atoms with Crippen molar-refractivity contribution in [3.05, 3.63) is 65.4 Å². The number of benzene rings is 2. The molecule has 28 heavy (non-hydrogen) atoms. The summed E-state index contributed by atoms with van der Waals surface area (Å²) in [7, 11) is 1.55. The molecule has 1 aromatic heterocycles. The molecule has 0 saturated carbocycles. The second-order valence-electron chi connectivity index (χ2n) is 6.10. The van der Waals surface area contributed by atoms with Crippen molar-refractivity contribution in [2.45, 2.75) is 24.1 Å². The zero-order valence-corrected chi connectivity index (χ0v) is 17.3. The highest BCUT2D eigenvalue weighted by Crippen LogP contribution is 2.29. The normalized spacial score (nSPS) is 11.7. The predicted molar refractivity (Wildman–Crippen MR) is 114 cm³/mol. The number of anilines is 1. The van der Waals surface area contributed by atoms with E-state index in [0.717, 1.165) is 16.3 Å². The van der Waals surface area contributed by atoms with Crippen molar-refractivity contribution >= 4 is 35.0 Å². The van der Waals surface area contributed by atoms with Crippen LogP contribution in [-0.2, 0) is 4.79 Å². The van der Waals surface area contributed by atoms with Crippen molar-refractivity contribution in [3.63, 3.8) is 0 Å². The summed E-state index contributed by atoms with van der Waals surface area (Å²) in [6.07, 6.45) is 0. The summed E-state index contributed by atoms with van der Waals surface area (Å²) in [6, 6.07) is 16.9. The van der Waals surface area contributed by atoms with Crippen molar-refractivity contribution in [3.8, 4) is 17.0 Å². The summed E-state index contributed by atoms with van der Waals surface area (Å²) in [5, 5.41) is 3.72. The lowest BCUT2D eigenvalue weighted by atomic mass is 10.1. The van der Waals surface area contributed by atoms with Crippen LogP contribution in [0.15, 0.2) is 59.6 Å². The van der Waals surface area contributed by atoms with Crippen molar-refractivity contribution in [2.75, 3.05) is 12.4 Å². The molecular weight excluding hydrogens is 394 g/mol. The summed E-state index contributed by atoms with van der Waals surface area (Å²) in [5.74, 6) is 1.09. The van der Waals surface area contributed by atoms with Gasteiger partial charge in [0, 0.05) is 11.3 Å². The maximum atomic E-state index is 12.6. The molecule has 0 fully saturated rings. The van der Waals surface area contributed by atoms with E-state index in [4.69, 9.17) is 16.3 Å². The number of carbonyl (C=O) groups is 1. The van der Waals surface area contributed by atoms with Gasteiger partial charge in [-0.25, -0.2) is 9.97 Å². The van der Waals surface area contributed by atoms with E-state index >= 15 is 0 Å². The minimum absolute atomic E-state index is 0.135. The summed E-state index contributed by atoms with van der Waals surface area (Å²) < 4.78 is 5.13. The van der Waals surface area contributed by atoms with Gasteiger partial charge in [-0.2, -0.15) is 0 Å². The second kappa shape index (κ2) is 9.08. The number of methoxy groups -OCH3 is 1. The molecule has 0 bridgehead atoms. The van der Waals surface area contributed by atoms with Crippen LogP contribution in [0.25, 0.3) is 11.3 Å². The number of aromatic nitrogens is 2. The van der Waals surface area contributed by atoms with Crippen molar-refractivity contribution in [2.24, 2.45) is 0 Å². The van der Waals surface area contributed by atoms with Crippen LogP contribution in [0.4, 0.5) is 5.69 Å². The van der Waals surface area contributed by atoms with Crippen molar-refractivity contribution in [1.29, 1.82) is 0 Å². The molecule has 0 radical (unpaired) electrons. The van der Waals surface area contributed by atoms with E-state index in [9.17, 15) is 4.79 Å². The molecule has 0 saturated heterocycles. The molecule has 1 amide bonds. The lowest BCUT2D eigenvalue weighted by molar-refractivity contribution is -0.115. The quantitative estimate of drug-likeness (QED) is 0.442. The van der Waals surface area contributed by atoms with Crippen LogP contribution in [0.2, 0.25) is 5.02 Å². The topological polar surface area (TPSA) is 64.1 Å². The van der Waals surface area contributed by atoms with Gasteiger partial charge in [-0.05, 0) is 38.1 Å². The highest BCUT2D eigenvalue weighted by atomic mass is 35.5. The highest BCUT2D eigenvalue weighted by Gasteiger charge is 2.17. The molecule has 144 valence electrons. The first-order valence-corrected chi connectivity index (χ1v) is 9.94. The largest absolute Gasteiger partial charge is 0.495 e.